The minimum absolute atomic E-state index is 0.00255. The first-order valence-corrected chi connectivity index (χ1v) is 8.65. The van der Waals surface area contributed by atoms with Crippen molar-refractivity contribution >= 4 is 17.5 Å². The molecule has 2 rings (SSSR count). The Morgan fingerprint density at radius 3 is 2.70 bits per heavy atom. The normalized spacial score (nSPS) is 18.8. The summed E-state index contributed by atoms with van der Waals surface area (Å²) in [5.74, 6) is 0.640. The van der Waals surface area contributed by atoms with Crippen LogP contribution in [0.3, 0.4) is 0 Å². The van der Waals surface area contributed by atoms with Gasteiger partial charge in [0.15, 0.2) is 5.60 Å². The lowest BCUT2D eigenvalue weighted by atomic mass is 10.0. The monoisotopic (exact) mass is 339 g/mol. The summed E-state index contributed by atoms with van der Waals surface area (Å²) in [6.07, 6.45) is 3.12. The van der Waals surface area contributed by atoms with Crippen LogP contribution in [0.4, 0.5) is 0 Å². The lowest BCUT2D eigenvalue weighted by Gasteiger charge is -2.37. The summed E-state index contributed by atoms with van der Waals surface area (Å²) in [5.41, 5.74) is -0.916. The highest BCUT2D eigenvalue weighted by atomic mass is 35.5. The minimum Gasteiger partial charge on any atom is -0.478 e. The van der Waals surface area contributed by atoms with Crippen LogP contribution in [0.25, 0.3) is 0 Å². The number of carbonyl (C=O) groups excluding carboxylic acids is 1. The zero-order valence-corrected chi connectivity index (χ0v) is 14.9. The van der Waals surface area contributed by atoms with Crippen molar-refractivity contribution in [2.24, 2.45) is 0 Å². The molecular formula is C18H26ClNO3. The Bertz CT molecular complexity index is 516. The van der Waals surface area contributed by atoms with Crippen LogP contribution in [-0.2, 0) is 9.53 Å². The van der Waals surface area contributed by atoms with Gasteiger partial charge in [-0.3, -0.25) is 4.79 Å². The second kappa shape index (κ2) is 8.02. The molecule has 1 unspecified atom stereocenters. The molecule has 0 radical (unpaired) electrons. The molecule has 0 saturated carbocycles. The molecule has 1 aliphatic heterocycles. The largest absolute Gasteiger partial charge is 0.478 e. The first-order valence-electron chi connectivity index (χ1n) is 8.28. The Morgan fingerprint density at radius 2 is 2.04 bits per heavy atom. The Kier molecular flexibility index (Phi) is 6.31. The topological polar surface area (TPSA) is 38.8 Å². The summed E-state index contributed by atoms with van der Waals surface area (Å²) >= 11 is 5.88. The highest BCUT2D eigenvalue weighted by Gasteiger charge is 2.36. The molecule has 23 heavy (non-hydrogen) atoms. The number of piperidine rings is 1. The van der Waals surface area contributed by atoms with Gasteiger partial charge in [0.2, 0.25) is 0 Å². The van der Waals surface area contributed by atoms with Crippen molar-refractivity contribution in [1.82, 2.24) is 4.90 Å². The number of hydrogen-bond acceptors (Lipinski definition) is 3. The number of amides is 1. The van der Waals surface area contributed by atoms with Crippen molar-refractivity contribution in [1.29, 1.82) is 0 Å². The standard InChI is InChI=1S/C18H26ClNO3/c1-4-12-22-16-6-5-11-20(13-16)17(21)18(2,3)23-15-9-7-14(19)8-10-15/h7-10,16H,4-6,11-13H2,1-3H3. The van der Waals surface area contributed by atoms with E-state index in [-0.39, 0.29) is 12.0 Å². The van der Waals surface area contributed by atoms with Crippen LogP contribution in [0.2, 0.25) is 5.02 Å². The molecule has 0 bridgehead atoms. The maximum atomic E-state index is 12.8. The Morgan fingerprint density at radius 1 is 1.35 bits per heavy atom. The van der Waals surface area contributed by atoms with Crippen LogP contribution in [0.5, 0.6) is 5.75 Å². The molecule has 0 aromatic heterocycles. The number of benzene rings is 1. The van der Waals surface area contributed by atoms with Crippen LogP contribution in [0.15, 0.2) is 24.3 Å². The van der Waals surface area contributed by atoms with E-state index in [1.54, 1.807) is 38.1 Å². The number of carbonyl (C=O) groups is 1. The van der Waals surface area contributed by atoms with Gasteiger partial charge in [0.05, 0.1) is 6.10 Å². The molecule has 1 atom stereocenters. The van der Waals surface area contributed by atoms with E-state index in [2.05, 4.69) is 6.92 Å². The molecule has 1 fully saturated rings. The molecule has 1 aromatic rings. The van der Waals surface area contributed by atoms with Gasteiger partial charge in [-0.15, -0.1) is 0 Å². The third-order valence-electron chi connectivity index (χ3n) is 3.92. The van der Waals surface area contributed by atoms with E-state index in [9.17, 15) is 4.79 Å². The van der Waals surface area contributed by atoms with Gasteiger partial charge in [0.1, 0.15) is 5.75 Å². The van der Waals surface area contributed by atoms with Gasteiger partial charge in [0, 0.05) is 24.7 Å². The first kappa shape index (κ1) is 18.1. The predicted octanol–water partition coefficient (Wildman–Crippen LogP) is 3.92. The van der Waals surface area contributed by atoms with Crippen LogP contribution in [0.1, 0.15) is 40.0 Å². The van der Waals surface area contributed by atoms with Crippen molar-refractivity contribution in [2.45, 2.75) is 51.7 Å². The van der Waals surface area contributed by atoms with E-state index in [1.165, 1.54) is 0 Å². The van der Waals surface area contributed by atoms with Crippen molar-refractivity contribution in [2.75, 3.05) is 19.7 Å². The fourth-order valence-corrected chi connectivity index (χ4v) is 2.89. The molecule has 0 N–H and O–H groups in total. The van der Waals surface area contributed by atoms with Gasteiger partial charge in [-0.05, 0) is 57.4 Å². The summed E-state index contributed by atoms with van der Waals surface area (Å²) in [7, 11) is 0. The fraction of sp³-hybridized carbons (Fsp3) is 0.611. The fourth-order valence-electron chi connectivity index (χ4n) is 2.76. The summed E-state index contributed by atoms with van der Waals surface area (Å²) in [6, 6.07) is 7.07. The van der Waals surface area contributed by atoms with E-state index in [4.69, 9.17) is 21.1 Å². The summed E-state index contributed by atoms with van der Waals surface area (Å²) < 4.78 is 11.7. The maximum Gasteiger partial charge on any atom is 0.266 e. The van der Waals surface area contributed by atoms with Crippen molar-refractivity contribution in [3.05, 3.63) is 29.3 Å². The van der Waals surface area contributed by atoms with Gasteiger partial charge in [-0.25, -0.2) is 0 Å². The number of nitrogens with zero attached hydrogens (tertiary/aromatic N) is 1. The molecule has 1 heterocycles. The molecule has 0 aliphatic carbocycles. The van der Waals surface area contributed by atoms with Gasteiger partial charge in [-0.2, -0.15) is 0 Å². The predicted molar refractivity (Wildman–Crippen MR) is 92.0 cm³/mol. The van der Waals surface area contributed by atoms with Gasteiger partial charge >= 0.3 is 0 Å². The molecule has 4 nitrogen and oxygen atoms in total. The molecule has 1 saturated heterocycles. The summed E-state index contributed by atoms with van der Waals surface area (Å²) in [6.45, 7) is 7.86. The summed E-state index contributed by atoms with van der Waals surface area (Å²) in [4.78, 5) is 14.7. The molecule has 0 spiro atoms. The zero-order chi connectivity index (χ0) is 16.9. The molecule has 128 valence electrons. The second-order valence-corrected chi connectivity index (χ2v) is 6.89. The van der Waals surface area contributed by atoms with Crippen LogP contribution in [-0.4, -0.2) is 42.2 Å². The summed E-state index contributed by atoms with van der Waals surface area (Å²) in [5, 5.41) is 0.647. The first-order chi connectivity index (χ1) is 10.9. The molecular weight excluding hydrogens is 314 g/mol. The highest BCUT2D eigenvalue weighted by Crippen LogP contribution is 2.24. The Balaban J connectivity index is 1.97. The Labute approximate surface area is 143 Å². The Hall–Kier alpha value is -1.26. The SMILES string of the molecule is CCCOC1CCCN(C(=O)C(C)(C)Oc2ccc(Cl)cc2)C1. The van der Waals surface area contributed by atoms with Crippen molar-refractivity contribution in [3.63, 3.8) is 0 Å². The molecule has 1 aromatic carbocycles. The van der Waals surface area contributed by atoms with E-state index < -0.39 is 5.60 Å². The number of rotatable bonds is 6. The van der Waals surface area contributed by atoms with Crippen LogP contribution in [0, 0.1) is 0 Å². The molecule has 1 amide bonds. The lowest BCUT2D eigenvalue weighted by molar-refractivity contribution is -0.149. The third-order valence-corrected chi connectivity index (χ3v) is 4.18. The van der Waals surface area contributed by atoms with Gasteiger partial charge in [0.25, 0.3) is 5.91 Å². The van der Waals surface area contributed by atoms with Gasteiger partial charge in [-0.1, -0.05) is 18.5 Å². The third kappa shape index (κ3) is 5.11. The average molecular weight is 340 g/mol. The zero-order valence-electron chi connectivity index (χ0n) is 14.2. The van der Waals surface area contributed by atoms with Crippen molar-refractivity contribution in [3.8, 4) is 5.75 Å². The average Bonchev–Trinajstić information content (AvgIpc) is 2.54. The number of ether oxygens (including phenoxy) is 2. The minimum atomic E-state index is -0.916. The van der Waals surface area contributed by atoms with E-state index >= 15 is 0 Å². The van der Waals surface area contributed by atoms with E-state index in [0.29, 0.717) is 17.3 Å². The van der Waals surface area contributed by atoms with Gasteiger partial charge < -0.3 is 14.4 Å². The molecule has 1 aliphatic rings. The van der Waals surface area contributed by atoms with Crippen LogP contribution >= 0.6 is 11.6 Å². The quantitative estimate of drug-likeness (QED) is 0.788. The number of likely N-dealkylation sites (tertiary alicyclic amines) is 1. The number of halogens is 1. The number of hydrogen-bond donors (Lipinski definition) is 0. The molecule has 5 heteroatoms. The highest BCUT2D eigenvalue weighted by molar-refractivity contribution is 6.30. The maximum absolute atomic E-state index is 12.8. The second-order valence-electron chi connectivity index (χ2n) is 6.45. The van der Waals surface area contributed by atoms with E-state index in [1.807, 2.05) is 4.90 Å². The smallest absolute Gasteiger partial charge is 0.266 e. The lowest BCUT2D eigenvalue weighted by Crippen LogP contribution is -2.53. The van der Waals surface area contributed by atoms with Crippen LogP contribution < -0.4 is 4.74 Å². The van der Waals surface area contributed by atoms with E-state index in [0.717, 1.165) is 32.4 Å². The van der Waals surface area contributed by atoms with Crippen molar-refractivity contribution < 1.29 is 14.3 Å².